The fourth-order valence-corrected chi connectivity index (χ4v) is 3.56. The van der Waals surface area contributed by atoms with Crippen molar-refractivity contribution in [3.8, 4) is 5.69 Å². The summed E-state index contributed by atoms with van der Waals surface area (Å²) in [5.74, 6) is -0.285. The van der Waals surface area contributed by atoms with Crippen LogP contribution >= 0.6 is 23.4 Å². The first-order valence-electron chi connectivity index (χ1n) is 8.08. The predicted octanol–water partition coefficient (Wildman–Crippen LogP) is 4.00. The van der Waals surface area contributed by atoms with Gasteiger partial charge in [0.2, 0.25) is 0 Å². The van der Waals surface area contributed by atoms with Crippen LogP contribution in [0.5, 0.6) is 0 Å². The van der Waals surface area contributed by atoms with Crippen LogP contribution in [0.25, 0.3) is 16.6 Å². The molecule has 0 saturated carbocycles. The largest absolute Gasteiger partial charge is 0.465 e. The van der Waals surface area contributed by atoms with Gasteiger partial charge < -0.3 is 4.74 Å². The van der Waals surface area contributed by atoms with E-state index in [1.54, 1.807) is 25.1 Å². The maximum Gasteiger partial charge on any atom is 0.316 e. The normalized spacial score (nSPS) is 10.9. The molecule has 0 N–H and O–H groups in total. The van der Waals surface area contributed by atoms with Crippen molar-refractivity contribution >= 4 is 40.2 Å². The maximum atomic E-state index is 13.1. The molecule has 0 atom stereocenters. The zero-order chi connectivity index (χ0) is 18.7. The van der Waals surface area contributed by atoms with Crippen LogP contribution in [0, 0.1) is 6.92 Å². The highest BCUT2D eigenvalue weighted by Gasteiger charge is 2.16. The first-order chi connectivity index (χ1) is 12.5. The Balaban J connectivity index is 2.19. The summed E-state index contributed by atoms with van der Waals surface area (Å²) in [6, 6.07) is 12.5. The topological polar surface area (TPSA) is 61.2 Å². The zero-order valence-electron chi connectivity index (χ0n) is 14.4. The predicted molar refractivity (Wildman–Crippen MR) is 104 cm³/mol. The Morgan fingerprint density at radius 2 is 2.04 bits per heavy atom. The lowest BCUT2D eigenvalue weighted by atomic mass is 10.2. The molecule has 134 valence electrons. The third-order valence-electron chi connectivity index (χ3n) is 3.78. The zero-order valence-corrected chi connectivity index (χ0v) is 15.9. The average Bonchev–Trinajstić information content (AvgIpc) is 2.61. The molecule has 0 radical (unpaired) electrons. The molecule has 1 heterocycles. The Morgan fingerprint density at radius 3 is 2.77 bits per heavy atom. The molecular weight excluding hydrogens is 372 g/mol. The molecule has 1 aromatic heterocycles. The molecule has 0 aliphatic carbocycles. The van der Waals surface area contributed by atoms with E-state index < -0.39 is 0 Å². The van der Waals surface area contributed by atoms with Gasteiger partial charge in [0.25, 0.3) is 5.56 Å². The summed E-state index contributed by atoms with van der Waals surface area (Å²) in [7, 11) is 0. The van der Waals surface area contributed by atoms with Crippen LogP contribution in [-0.4, -0.2) is 27.9 Å². The third kappa shape index (κ3) is 3.76. The molecule has 7 heteroatoms. The summed E-state index contributed by atoms with van der Waals surface area (Å²) < 4.78 is 6.51. The monoisotopic (exact) mass is 388 g/mol. The van der Waals surface area contributed by atoms with E-state index in [0.717, 1.165) is 11.3 Å². The van der Waals surface area contributed by atoms with Gasteiger partial charge in [0.05, 0.1) is 29.0 Å². The molecule has 3 rings (SSSR count). The molecule has 0 fully saturated rings. The van der Waals surface area contributed by atoms with Gasteiger partial charge in [0.15, 0.2) is 5.16 Å². The number of ether oxygens (including phenoxy) is 1. The molecule has 0 aliphatic rings. The van der Waals surface area contributed by atoms with E-state index in [-0.39, 0.29) is 17.3 Å². The van der Waals surface area contributed by atoms with Gasteiger partial charge >= 0.3 is 5.97 Å². The van der Waals surface area contributed by atoms with Gasteiger partial charge in [-0.25, -0.2) is 4.98 Å². The molecule has 2 aromatic carbocycles. The Labute approximate surface area is 160 Å². The fraction of sp³-hybridized carbons (Fsp3) is 0.211. The number of thioether (sulfide) groups is 1. The van der Waals surface area contributed by atoms with Crippen molar-refractivity contribution in [1.29, 1.82) is 0 Å². The van der Waals surface area contributed by atoms with Crippen LogP contribution in [0.15, 0.2) is 52.4 Å². The van der Waals surface area contributed by atoms with Gasteiger partial charge in [0.1, 0.15) is 0 Å². The molecule has 0 amide bonds. The van der Waals surface area contributed by atoms with E-state index in [2.05, 4.69) is 4.98 Å². The summed E-state index contributed by atoms with van der Waals surface area (Å²) in [6.07, 6.45) is 0. The molecule has 5 nitrogen and oxygen atoms in total. The lowest BCUT2D eigenvalue weighted by Crippen LogP contribution is -2.23. The van der Waals surface area contributed by atoms with Crippen LogP contribution < -0.4 is 5.56 Å². The number of fused-ring (bicyclic) bond motifs is 1. The molecule has 0 saturated heterocycles. The Hall–Kier alpha value is -2.31. The number of aryl methyl sites for hydroxylation is 1. The summed E-state index contributed by atoms with van der Waals surface area (Å²) >= 11 is 7.21. The highest BCUT2D eigenvalue weighted by molar-refractivity contribution is 7.99. The van der Waals surface area contributed by atoms with Gasteiger partial charge in [-0.2, -0.15) is 0 Å². The number of rotatable bonds is 5. The number of benzene rings is 2. The second-order valence-electron chi connectivity index (χ2n) is 5.58. The van der Waals surface area contributed by atoms with Crippen LogP contribution in [-0.2, 0) is 9.53 Å². The number of carbonyl (C=O) groups excluding carboxylic acids is 1. The lowest BCUT2D eigenvalue weighted by Gasteiger charge is -2.15. The minimum atomic E-state index is -0.353. The fourth-order valence-electron chi connectivity index (χ4n) is 2.59. The Kier molecular flexibility index (Phi) is 5.64. The van der Waals surface area contributed by atoms with Gasteiger partial charge in [-0.1, -0.05) is 41.6 Å². The Morgan fingerprint density at radius 1 is 1.27 bits per heavy atom. The number of aromatic nitrogens is 2. The van der Waals surface area contributed by atoms with E-state index in [1.807, 2.05) is 31.2 Å². The quantitative estimate of drug-likeness (QED) is 0.375. The summed E-state index contributed by atoms with van der Waals surface area (Å²) in [5.41, 5.74) is 1.96. The smallest absolute Gasteiger partial charge is 0.316 e. The van der Waals surface area contributed by atoms with Gasteiger partial charge in [-0.3, -0.25) is 14.2 Å². The second-order valence-corrected chi connectivity index (χ2v) is 6.96. The number of esters is 1. The van der Waals surface area contributed by atoms with E-state index in [1.165, 1.54) is 16.3 Å². The summed E-state index contributed by atoms with van der Waals surface area (Å²) in [5, 5.41) is 1.39. The van der Waals surface area contributed by atoms with Gasteiger partial charge in [-0.15, -0.1) is 0 Å². The van der Waals surface area contributed by atoms with E-state index in [9.17, 15) is 9.59 Å². The molecular formula is C19H17ClN2O3S. The molecule has 0 bridgehead atoms. The Bertz CT molecular complexity index is 1030. The van der Waals surface area contributed by atoms with Crippen molar-refractivity contribution in [2.45, 2.75) is 19.0 Å². The number of nitrogens with zero attached hydrogens (tertiary/aromatic N) is 2. The van der Waals surface area contributed by atoms with E-state index in [4.69, 9.17) is 16.3 Å². The second kappa shape index (κ2) is 7.93. The first-order valence-corrected chi connectivity index (χ1v) is 9.44. The van der Waals surface area contributed by atoms with E-state index in [0.29, 0.717) is 27.7 Å². The minimum Gasteiger partial charge on any atom is -0.465 e. The molecule has 0 spiro atoms. The van der Waals surface area contributed by atoms with Gasteiger partial charge in [0, 0.05) is 5.02 Å². The van der Waals surface area contributed by atoms with Crippen LogP contribution in [0.1, 0.15) is 12.5 Å². The van der Waals surface area contributed by atoms with Crippen LogP contribution in [0.4, 0.5) is 0 Å². The molecule has 26 heavy (non-hydrogen) atoms. The lowest BCUT2D eigenvalue weighted by molar-refractivity contribution is -0.139. The van der Waals surface area contributed by atoms with E-state index >= 15 is 0 Å². The average molecular weight is 389 g/mol. The number of hydrogen-bond donors (Lipinski definition) is 0. The maximum absolute atomic E-state index is 13.1. The van der Waals surface area contributed by atoms with Crippen molar-refractivity contribution in [3.63, 3.8) is 0 Å². The van der Waals surface area contributed by atoms with Crippen molar-refractivity contribution < 1.29 is 9.53 Å². The number of hydrogen-bond acceptors (Lipinski definition) is 5. The molecule has 0 unspecified atom stereocenters. The highest BCUT2D eigenvalue weighted by Crippen LogP contribution is 2.24. The summed E-state index contributed by atoms with van der Waals surface area (Å²) in [6.45, 7) is 3.99. The van der Waals surface area contributed by atoms with Crippen LogP contribution in [0.2, 0.25) is 5.02 Å². The standard InChI is InChI=1S/C19H17ClN2O3S/c1-3-25-17(23)11-26-19-21-15-10-13(20)8-9-14(15)18(24)22(19)16-7-5-4-6-12(16)2/h4-10H,3,11H2,1-2H3. The van der Waals surface area contributed by atoms with Crippen LogP contribution in [0.3, 0.4) is 0 Å². The highest BCUT2D eigenvalue weighted by atomic mass is 35.5. The molecule has 0 aliphatic heterocycles. The molecule has 3 aromatic rings. The van der Waals surface area contributed by atoms with Crippen molar-refractivity contribution in [2.24, 2.45) is 0 Å². The minimum absolute atomic E-state index is 0.0677. The van der Waals surface area contributed by atoms with Crippen molar-refractivity contribution in [3.05, 3.63) is 63.4 Å². The first kappa shape index (κ1) is 18.5. The van der Waals surface area contributed by atoms with Crippen molar-refractivity contribution in [1.82, 2.24) is 9.55 Å². The number of carbonyl (C=O) groups is 1. The number of para-hydroxylation sites is 1. The van der Waals surface area contributed by atoms with Gasteiger partial charge in [-0.05, 0) is 43.7 Å². The number of halogens is 1. The van der Waals surface area contributed by atoms with Crippen molar-refractivity contribution in [2.75, 3.05) is 12.4 Å². The third-order valence-corrected chi connectivity index (χ3v) is 4.93. The summed E-state index contributed by atoms with van der Waals surface area (Å²) in [4.78, 5) is 29.5. The SMILES string of the molecule is CCOC(=O)CSc1nc2cc(Cl)ccc2c(=O)n1-c1ccccc1C.